The van der Waals surface area contributed by atoms with Gasteiger partial charge in [0.05, 0.1) is 5.75 Å². The Bertz CT molecular complexity index is 250. The standard InChI is InChI=1S/C8H9ClO2S/c9-6-7-12(10)11-8-4-2-1-3-5-8/h1-5H,6-7H2. The zero-order valence-electron chi connectivity index (χ0n) is 6.40. The third-order valence-electron chi connectivity index (χ3n) is 1.18. The molecule has 0 N–H and O–H groups in total. The van der Waals surface area contributed by atoms with Gasteiger partial charge in [0.2, 0.25) is 11.1 Å². The molecule has 0 aliphatic carbocycles. The van der Waals surface area contributed by atoms with Crippen molar-refractivity contribution in [3.05, 3.63) is 30.3 Å². The molecule has 0 fully saturated rings. The topological polar surface area (TPSA) is 26.3 Å². The van der Waals surface area contributed by atoms with E-state index in [9.17, 15) is 4.21 Å². The second kappa shape index (κ2) is 5.17. The van der Waals surface area contributed by atoms with E-state index in [2.05, 4.69) is 0 Å². The quantitative estimate of drug-likeness (QED) is 0.701. The maximum absolute atomic E-state index is 11.0. The van der Waals surface area contributed by atoms with E-state index >= 15 is 0 Å². The predicted molar refractivity (Wildman–Crippen MR) is 50.8 cm³/mol. The second-order valence-electron chi connectivity index (χ2n) is 2.09. The number of hydrogen-bond donors (Lipinski definition) is 0. The fourth-order valence-corrected chi connectivity index (χ4v) is 1.60. The Morgan fingerprint density at radius 2 is 2.00 bits per heavy atom. The monoisotopic (exact) mass is 204 g/mol. The molecular weight excluding hydrogens is 196 g/mol. The summed E-state index contributed by atoms with van der Waals surface area (Å²) in [6.45, 7) is 0. The predicted octanol–water partition coefficient (Wildman–Crippen LogP) is 1.97. The molecule has 66 valence electrons. The van der Waals surface area contributed by atoms with E-state index in [0.29, 0.717) is 17.4 Å². The molecule has 1 unspecified atom stereocenters. The van der Waals surface area contributed by atoms with Crippen LogP contribution in [0.1, 0.15) is 0 Å². The number of hydrogen-bond acceptors (Lipinski definition) is 2. The summed E-state index contributed by atoms with van der Waals surface area (Å²) >= 11 is 4.09. The highest BCUT2D eigenvalue weighted by molar-refractivity contribution is 7.80. The second-order valence-corrected chi connectivity index (χ2v) is 3.65. The van der Waals surface area contributed by atoms with Crippen molar-refractivity contribution in [3.63, 3.8) is 0 Å². The molecule has 0 aromatic heterocycles. The first-order valence-corrected chi connectivity index (χ1v) is 5.28. The zero-order chi connectivity index (χ0) is 8.81. The first-order valence-electron chi connectivity index (χ1n) is 3.50. The average molecular weight is 205 g/mol. The molecule has 1 atom stereocenters. The molecule has 1 aromatic carbocycles. The summed E-state index contributed by atoms with van der Waals surface area (Å²) in [6.07, 6.45) is 0. The zero-order valence-corrected chi connectivity index (χ0v) is 7.98. The number of rotatable bonds is 4. The maximum atomic E-state index is 11.0. The molecule has 0 saturated carbocycles. The third-order valence-corrected chi connectivity index (χ3v) is 2.51. The van der Waals surface area contributed by atoms with Gasteiger partial charge < -0.3 is 4.18 Å². The lowest BCUT2D eigenvalue weighted by Crippen LogP contribution is -2.05. The number of halogens is 1. The van der Waals surface area contributed by atoms with Crippen LogP contribution in [0, 0.1) is 0 Å². The Morgan fingerprint density at radius 1 is 1.33 bits per heavy atom. The van der Waals surface area contributed by atoms with Gasteiger partial charge in [-0.1, -0.05) is 18.2 Å². The van der Waals surface area contributed by atoms with Crippen LogP contribution in [-0.2, 0) is 11.1 Å². The highest BCUT2D eigenvalue weighted by Crippen LogP contribution is 2.09. The molecule has 0 heterocycles. The number of alkyl halides is 1. The van der Waals surface area contributed by atoms with Crippen molar-refractivity contribution in [2.45, 2.75) is 0 Å². The molecule has 0 aliphatic heterocycles. The van der Waals surface area contributed by atoms with Crippen LogP contribution >= 0.6 is 11.6 Å². The summed E-state index contributed by atoms with van der Waals surface area (Å²) < 4.78 is 16.1. The van der Waals surface area contributed by atoms with Gasteiger partial charge in [0.15, 0.2) is 0 Å². The third kappa shape index (κ3) is 3.24. The average Bonchev–Trinajstić information content (AvgIpc) is 2.06. The summed E-state index contributed by atoms with van der Waals surface area (Å²) in [7, 11) is 0. The van der Waals surface area contributed by atoms with Gasteiger partial charge in [0.25, 0.3) is 0 Å². The van der Waals surface area contributed by atoms with E-state index < -0.39 is 11.1 Å². The van der Waals surface area contributed by atoms with E-state index in [1.54, 1.807) is 12.1 Å². The van der Waals surface area contributed by atoms with Gasteiger partial charge in [0.1, 0.15) is 5.75 Å². The van der Waals surface area contributed by atoms with Crippen LogP contribution in [-0.4, -0.2) is 15.8 Å². The van der Waals surface area contributed by atoms with Crippen molar-refractivity contribution in [1.29, 1.82) is 0 Å². The van der Waals surface area contributed by atoms with Gasteiger partial charge in [-0.25, -0.2) is 4.21 Å². The normalized spacial score (nSPS) is 12.4. The first kappa shape index (κ1) is 9.55. The van der Waals surface area contributed by atoms with Crippen LogP contribution in [0.2, 0.25) is 0 Å². The molecule has 2 nitrogen and oxygen atoms in total. The minimum atomic E-state index is -1.30. The van der Waals surface area contributed by atoms with Gasteiger partial charge in [0, 0.05) is 5.88 Å². The smallest absolute Gasteiger partial charge is 0.207 e. The lowest BCUT2D eigenvalue weighted by atomic mass is 10.3. The van der Waals surface area contributed by atoms with E-state index in [4.69, 9.17) is 15.8 Å². The van der Waals surface area contributed by atoms with E-state index in [1.807, 2.05) is 18.2 Å². The Morgan fingerprint density at radius 3 is 2.58 bits per heavy atom. The van der Waals surface area contributed by atoms with Crippen LogP contribution in [0.3, 0.4) is 0 Å². The van der Waals surface area contributed by atoms with Crippen LogP contribution in [0.15, 0.2) is 30.3 Å². The molecule has 1 rings (SSSR count). The van der Waals surface area contributed by atoms with Gasteiger partial charge in [-0.2, -0.15) is 0 Å². The Labute approximate surface area is 79.2 Å². The van der Waals surface area contributed by atoms with Crippen molar-refractivity contribution in [2.24, 2.45) is 0 Å². The largest absolute Gasteiger partial charge is 0.401 e. The summed E-state index contributed by atoms with van der Waals surface area (Å²) in [5.74, 6) is 1.32. The van der Waals surface area contributed by atoms with Gasteiger partial charge in [-0.3, -0.25) is 0 Å². The fraction of sp³-hybridized carbons (Fsp3) is 0.250. The molecule has 0 saturated heterocycles. The molecule has 0 bridgehead atoms. The van der Waals surface area contributed by atoms with Crippen LogP contribution < -0.4 is 4.18 Å². The summed E-state index contributed by atoms with van der Waals surface area (Å²) in [6, 6.07) is 9.04. The maximum Gasteiger partial charge on any atom is 0.207 e. The molecule has 0 radical (unpaired) electrons. The Hall–Kier alpha value is -0.540. The first-order chi connectivity index (χ1) is 5.83. The molecule has 12 heavy (non-hydrogen) atoms. The SMILES string of the molecule is O=S(CCCl)Oc1ccccc1. The summed E-state index contributed by atoms with van der Waals surface area (Å²) in [5.41, 5.74) is 0. The van der Waals surface area contributed by atoms with Crippen molar-refractivity contribution < 1.29 is 8.39 Å². The van der Waals surface area contributed by atoms with Crippen LogP contribution in [0.5, 0.6) is 5.75 Å². The van der Waals surface area contributed by atoms with Crippen molar-refractivity contribution in [1.82, 2.24) is 0 Å². The summed E-state index contributed by atoms with van der Waals surface area (Å²) in [5, 5.41) is 0. The van der Waals surface area contributed by atoms with E-state index in [1.165, 1.54) is 0 Å². The van der Waals surface area contributed by atoms with E-state index in [0.717, 1.165) is 0 Å². The lowest BCUT2D eigenvalue weighted by molar-refractivity contribution is 0.563. The molecule has 0 aliphatic rings. The van der Waals surface area contributed by atoms with Crippen LogP contribution in [0.4, 0.5) is 0 Å². The van der Waals surface area contributed by atoms with Crippen molar-refractivity contribution in [2.75, 3.05) is 11.6 Å². The highest BCUT2D eigenvalue weighted by Gasteiger charge is 1.99. The molecule has 0 amide bonds. The molecular formula is C8H9ClO2S. The van der Waals surface area contributed by atoms with Gasteiger partial charge in [-0.15, -0.1) is 11.6 Å². The molecule has 1 aromatic rings. The summed E-state index contributed by atoms with van der Waals surface area (Å²) in [4.78, 5) is 0. The molecule has 4 heteroatoms. The van der Waals surface area contributed by atoms with Gasteiger partial charge >= 0.3 is 0 Å². The number of benzene rings is 1. The van der Waals surface area contributed by atoms with Gasteiger partial charge in [-0.05, 0) is 12.1 Å². The Balaban J connectivity index is 2.47. The van der Waals surface area contributed by atoms with E-state index in [-0.39, 0.29) is 0 Å². The highest BCUT2D eigenvalue weighted by atomic mass is 35.5. The van der Waals surface area contributed by atoms with Crippen molar-refractivity contribution in [3.8, 4) is 5.75 Å². The Kier molecular flexibility index (Phi) is 4.11. The lowest BCUT2D eigenvalue weighted by Gasteiger charge is -2.01. The van der Waals surface area contributed by atoms with Crippen LogP contribution in [0.25, 0.3) is 0 Å². The fourth-order valence-electron chi connectivity index (χ4n) is 0.688. The minimum absolute atomic E-state index is 0.347. The molecule has 0 spiro atoms. The van der Waals surface area contributed by atoms with Crippen molar-refractivity contribution >= 4 is 22.7 Å². The number of para-hydroxylation sites is 1. The minimum Gasteiger partial charge on any atom is -0.401 e.